The minimum absolute atomic E-state index is 0.00894. The van der Waals surface area contributed by atoms with Crippen LogP contribution in [-0.2, 0) is 9.84 Å². The third-order valence-corrected chi connectivity index (χ3v) is 4.08. The number of benzene rings is 2. The van der Waals surface area contributed by atoms with Crippen molar-refractivity contribution >= 4 is 9.84 Å². The monoisotopic (exact) mass is 352 g/mol. The second-order valence-electron chi connectivity index (χ2n) is 5.93. The third kappa shape index (κ3) is 8.02. The lowest BCUT2D eigenvalue weighted by Crippen LogP contribution is -2.01. The van der Waals surface area contributed by atoms with E-state index in [2.05, 4.69) is 34.6 Å². The minimum Gasteiger partial charge on any atom is -0.508 e. The standard InChI is InChI=1S/C12H10O4S.C4H10.C3H8/c13-9-1-5-11(6-2-9)17(15,16)12-7-3-10(14)4-8-12;1-4(2)3;1-3-2/h1-8,13-14H;4H,1-3H3;3H2,1-2H3. The number of hydrogen-bond donors (Lipinski definition) is 2. The maximum atomic E-state index is 12.1. The van der Waals surface area contributed by atoms with E-state index in [4.69, 9.17) is 10.2 Å². The second kappa shape index (κ2) is 10.7. The molecule has 2 rings (SSSR count). The molecule has 0 fully saturated rings. The molecule has 0 aromatic heterocycles. The van der Waals surface area contributed by atoms with Crippen molar-refractivity contribution in [3.05, 3.63) is 48.5 Å². The molecular formula is C19H28O4S. The van der Waals surface area contributed by atoms with E-state index >= 15 is 0 Å². The molecule has 2 aromatic rings. The van der Waals surface area contributed by atoms with Crippen LogP contribution in [0.2, 0.25) is 0 Å². The van der Waals surface area contributed by atoms with E-state index in [1.807, 2.05) is 0 Å². The first-order valence-corrected chi connectivity index (χ1v) is 9.46. The summed E-state index contributed by atoms with van der Waals surface area (Å²) in [7, 11) is -3.59. The lowest BCUT2D eigenvalue weighted by molar-refractivity contribution is 0.474. The molecule has 0 saturated heterocycles. The van der Waals surface area contributed by atoms with E-state index in [1.54, 1.807) is 0 Å². The maximum absolute atomic E-state index is 12.1. The smallest absolute Gasteiger partial charge is 0.206 e. The van der Waals surface area contributed by atoms with Crippen molar-refractivity contribution in [1.29, 1.82) is 0 Å². The van der Waals surface area contributed by atoms with Crippen molar-refractivity contribution < 1.29 is 18.6 Å². The van der Waals surface area contributed by atoms with Gasteiger partial charge in [-0.3, -0.25) is 0 Å². The molecule has 4 nitrogen and oxygen atoms in total. The first-order chi connectivity index (χ1) is 11.1. The van der Waals surface area contributed by atoms with Gasteiger partial charge in [-0.25, -0.2) is 8.42 Å². The fraction of sp³-hybridized carbons (Fsp3) is 0.368. The molecule has 0 aliphatic heterocycles. The highest BCUT2D eigenvalue weighted by Crippen LogP contribution is 2.23. The Morgan fingerprint density at radius 1 is 0.750 bits per heavy atom. The average Bonchev–Trinajstić information content (AvgIpc) is 2.48. The van der Waals surface area contributed by atoms with Crippen LogP contribution in [0.25, 0.3) is 0 Å². The fourth-order valence-corrected chi connectivity index (χ4v) is 2.65. The van der Waals surface area contributed by atoms with Gasteiger partial charge in [0.15, 0.2) is 0 Å². The molecule has 0 bridgehead atoms. The molecule has 2 aromatic carbocycles. The summed E-state index contributed by atoms with van der Waals surface area (Å²) in [5.41, 5.74) is 0. The summed E-state index contributed by atoms with van der Waals surface area (Å²) in [6.45, 7) is 10.8. The topological polar surface area (TPSA) is 74.6 Å². The molecule has 2 N–H and O–H groups in total. The molecule has 0 saturated carbocycles. The Morgan fingerprint density at radius 3 is 1.17 bits per heavy atom. The largest absolute Gasteiger partial charge is 0.508 e. The van der Waals surface area contributed by atoms with E-state index < -0.39 is 9.84 Å². The number of hydrogen-bond acceptors (Lipinski definition) is 4. The first-order valence-electron chi connectivity index (χ1n) is 7.98. The molecule has 0 radical (unpaired) electrons. The van der Waals surface area contributed by atoms with E-state index in [1.165, 1.54) is 55.0 Å². The first kappa shape index (κ1) is 22.0. The summed E-state index contributed by atoms with van der Waals surface area (Å²) in [5, 5.41) is 18.2. The van der Waals surface area contributed by atoms with E-state index in [0.29, 0.717) is 0 Å². The van der Waals surface area contributed by atoms with Crippen LogP contribution >= 0.6 is 0 Å². The number of rotatable bonds is 2. The molecular weight excluding hydrogens is 324 g/mol. The van der Waals surface area contributed by atoms with Gasteiger partial charge in [-0.1, -0.05) is 41.0 Å². The number of sulfone groups is 1. The van der Waals surface area contributed by atoms with Gasteiger partial charge in [-0.15, -0.1) is 0 Å². The lowest BCUT2D eigenvalue weighted by Gasteiger charge is -2.04. The molecule has 134 valence electrons. The molecule has 0 heterocycles. The second-order valence-corrected chi connectivity index (χ2v) is 7.88. The Bertz CT molecular complexity index is 618. The third-order valence-electron chi connectivity index (χ3n) is 2.29. The van der Waals surface area contributed by atoms with E-state index in [9.17, 15) is 8.42 Å². The molecule has 0 amide bonds. The molecule has 0 aliphatic carbocycles. The van der Waals surface area contributed by atoms with Gasteiger partial charge >= 0.3 is 0 Å². The van der Waals surface area contributed by atoms with E-state index in [-0.39, 0.29) is 21.3 Å². The van der Waals surface area contributed by atoms with Crippen LogP contribution in [0.1, 0.15) is 41.0 Å². The van der Waals surface area contributed by atoms with Crippen molar-refractivity contribution in [3.8, 4) is 11.5 Å². The normalized spacial score (nSPS) is 10.2. The summed E-state index contributed by atoms with van der Waals surface area (Å²) in [6, 6.07) is 10.6. The average molecular weight is 352 g/mol. The van der Waals surface area contributed by atoms with Crippen LogP contribution in [0.3, 0.4) is 0 Å². The molecule has 5 heteroatoms. The maximum Gasteiger partial charge on any atom is 0.206 e. The van der Waals surface area contributed by atoms with Crippen LogP contribution in [0.5, 0.6) is 11.5 Å². The fourth-order valence-electron chi connectivity index (χ4n) is 1.39. The predicted octanol–water partition coefficient (Wildman–Crippen LogP) is 5.01. The van der Waals surface area contributed by atoms with Gasteiger partial charge in [0.25, 0.3) is 0 Å². The molecule has 0 unspecified atom stereocenters. The van der Waals surface area contributed by atoms with Gasteiger partial charge < -0.3 is 10.2 Å². The van der Waals surface area contributed by atoms with Gasteiger partial charge in [-0.2, -0.15) is 0 Å². The number of aromatic hydroxyl groups is 2. The van der Waals surface area contributed by atoms with Crippen LogP contribution in [-0.4, -0.2) is 18.6 Å². The minimum atomic E-state index is -3.59. The molecule has 0 atom stereocenters. The van der Waals surface area contributed by atoms with E-state index in [0.717, 1.165) is 5.92 Å². The van der Waals surface area contributed by atoms with Crippen LogP contribution in [0, 0.1) is 5.92 Å². The van der Waals surface area contributed by atoms with Crippen LogP contribution in [0.15, 0.2) is 58.3 Å². The SMILES string of the molecule is CC(C)C.CCC.O=S(=O)(c1ccc(O)cc1)c1ccc(O)cc1. The van der Waals surface area contributed by atoms with Gasteiger partial charge in [0, 0.05) is 0 Å². The summed E-state index contributed by atoms with van der Waals surface area (Å²) in [5.74, 6) is 0.851. The lowest BCUT2D eigenvalue weighted by atomic mass is 10.3. The highest BCUT2D eigenvalue weighted by molar-refractivity contribution is 7.91. The van der Waals surface area contributed by atoms with Crippen LogP contribution in [0.4, 0.5) is 0 Å². The Balaban J connectivity index is 0.000000648. The quantitative estimate of drug-likeness (QED) is 0.797. The number of phenolic OH excluding ortho intramolecular Hbond substituents is 2. The zero-order valence-electron chi connectivity index (χ0n) is 15.0. The van der Waals surface area contributed by atoms with Crippen molar-refractivity contribution in [1.82, 2.24) is 0 Å². The highest BCUT2D eigenvalue weighted by atomic mass is 32.2. The molecule has 24 heavy (non-hydrogen) atoms. The Kier molecular flexibility index (Phi) is 9.81. The summed E-state index contributed by atoms with van der Waals surface area (Å²) in [4.78, 5) is 0.196. The van der Waals surface area contributed by atoms with Gasteiger partial charge in [0.2, 0.25) is 9.84 Å². The molecule has 0 aliphatic rings. The number of phenols is 2. The predicted molar refractivity (Wildman–Crippen MR) is 98.1 cm³/mol. The zero-order valence-corrected chi connectivity index (χ0v) is 15.8. The highest BCUT2D eigenvalue weighted by Gasteiger charge is 2.17. The molecule has 0 spiro atoms. The zero-order chi connectivity index (χ0) is 18.8. The summed E-state index contributed by atoms with van der Waals surface area (Å²) in [6.07, 6.45) is 1.25. The Hall–Kier alpha value is -2.01. The van der Waals surface area contributed by atoms with Gasteiger partial charge in [0.05, 0.1) is 9.79 Å². The van der Waals surface area contributed by atoms with Gasteiger partial charge in [0.1, 0.15) is 11.5 Å². The van der Waals surface area contributed by atoms with Crippen molar-refractivity contribution in [2.45, 2.75) is 50.8 Å². The van der Waals surface area contributed by atoms with Crippen molar-refractivity contribution in [2.75, 3.05) is 0 Å². The van der Waals surface area contributed by atoms with Crippen molar-refractivity contribution in [3.63, 3.8) is 0 Å². The summed E-state index contributed by atoms with van der Waals surface area (Å²) < 4.78 is 24.2. The van der Waals surface area contributed by atoms with Gasteiger partial charge in [-0.05, 0) is 54.4 Å². The Morgan fingerprint density at radius 2 is 0.958 bits per heavy atom. The van der Waals surface area contributed by atoms with Crippen molar-refractivity contribution in [2.24, 2.45) is 5.92 Å². The summed E-state index contributed by atoms with van der Waals surface area (Å²) >= 11 is 0. The van der Waals surface area contributed by atoms with Crippen LogP contribution < -0.4 is 0 Å². The Labute approximate surface area is 145 Å².